The zero-order valence-electron chi connectivity index (χ0n) is 20.8. The van der Waals surface area contributed by atoms with Crippen molar-refractivity contribution >= 4 is 28.9 Å². The summed E-state index contributed by atoms with van der Waals surface area (Å²) in [5, 5.41) is 5.02. The van der Waals surface area contributed by atoms with E-state index < -0.39 is 0 Å². The van der Waals surface area contributed by atoms with Crippen LogP contribution in [-0.4, -0.2) is 26.7 Å². The largest absolute Gasteiger partial charge is 0.497 e. The molecule has 0 amide bonds. The van der Waals surface area contributed by atoms with Gasteiger partial charge in [-0.15, -0.1) is 0 Å². The van der Waals surface area contributed by atoms with Crippen LogP contribution in [0.3, 0.4) is 0 Å². The SMILES string of the molecule is COc1ccc(CN2C(=S)N[C@@H](c3ccccn3)[C@@H]2c2c(C)c(C)n(-c3cccc(Cl)c3)c2C)cc1. The first-order valence-corrected chi connectivity index (χ1v) is 12.7. The number of hydrogen-bond donors (Lipinski definition) is 1. The molecule has 184 valence electrons. The second-order valence-electron chi connectivity index (χ2n) is 9.13. The number of rotatable bonds is 6. The Morgan fingerprint density at radius 2 is 1.78 bits per heavy atom. The average Bonchev–Trinajstić information content (AvgIpc) is 3.31. The predicted molar refractivity (Wildman–Crippen MR) is 149 cm³/mol. The molecule has 1 aliphatic heterocycles. The Morgan fingerprint density at radius 1 is 1.00 bits per heavy atom. The van der Waals surface area contributed by atoms with E-state index in [0.717, 1.165) is 32.8 Å². The van der Waals surface area contributed by atoms with Crippen molar-refractivity contribution in [3.63, 3.8) is 0 Å². The third kappa shape index (κ3) is 4.36. The number of thiocarbonyl (C=S) groups is 1. The molecule has 0 unspecified atom stereocenters. The number of nitrogens with one attached hydrogen (secondary N) is 1. The molecule has 7 heteroatoms. The Kier molecular flexibility index (Phi) is 6.73. The van der Waals surface area contributed by atoms with E-state index in [9.17, 15) is 0 Å². The molecular formula is C29H29ClN4OS. The zero-order chi connectivity index (χ0) is 25.4. The van der Waals surface area contributed by atoms with Gasteiger partial charge in [-0.2, -0.15) is 0 Å². The molecule has 0 spiro atoms. The fourth-order valence-electron chi connectivity index (χ4n) is 5.26. The van der Waals surface area contributed by atoms with E-state index in [-0.39, 0.29) is 12.1 Å². The first-order valence-electron chi connectivity index (χ1n) is 11.9. The van der Waals surface area contributed by atoms with Crippen molar-refractivity contribution in [2.45, 2.75) is 39.4 Å². The highest BCUT2D eigenvalue weighted by Gasteiger charge is 2.42. The number of ether oxygens (including phenoxy) is 1. The molecular weight excluding hydrogens is 488 g/mol. The van der Waals surface area contributed by atoms with Gasteiger partial charge in [-0.25, -0.2) is 0 Å². The van der Waals surface area contributed by atoms with Gasteiger partial charge in [-0.3, -0.25) is 4.98 Å². The molecule has 0 aliphatic carbocycles. The first-order chi connectivity index (χ1) is 17.4. The van der Waals surface area contributed by atoms with Crippen molar-refractivity contribution in [3.05, 3.63) is 112 Å². The molecule has 5 rings (SSSR count). The van der Waals surface area contributed by atoms with Crippen LogP contribution >= 0.6 is 23.8 Å². The number of methoxy groups -OCH3 is 1. The minimum atomic E-state index is -0.0797. The van der Waals surface area contributed by atoms with Crippen molar-refractivity contribution < 1.29 is 4.74 Å². The molecule has 4 aromatic rings. The summed E-state index contributed by atoms with van der Waals surface area (Å²) in [4.78, 5) is 6.99. The van der Waals surface area contributed by atoms with Gasteiger partial charge in [-0.1, -0.05) is 35.9 Å². The number of hydrogen-bond acceptors (Lipinski definition) is 3. The van der Waals surface area contributed by atoms with Crippen LogP contribution in [0.15, 0.2) is 72.9 Å². The van der Waals surface area contributed by atoms with Gasteiger partial charge in [0.2, 0.25) is 0 Å². The highest BCUT2D eigenvalue weighted by molar-refractivity contribution is 7.80. The second-order valence-corrected chi connectivity index (χ2v) is 9.95. The maximum Gasteiger partial charge on any atom is 0.170 e. The molecule has 1 aliphatic rings. The van der Waals surface area contributed by atoms with E-state index in [4.69, 9.17) is 33.5 Å². The molecule has 0 radical (unpaired) electrons. The molecule has 5 nitrogen and oxygen atoms in total. The van der Waals surface area contributed by atoms with Gasteiger partial charge in [0.1, 0.15) is 5.75 Å². The lowest BCUT2D eigenvalue weighted by Crippen LogP contribution is -2.29. The first kappa shape index (κ1) is 24.3. The average molecular weight is 517 g/mol. The monoisotopic (exact) mass is 516 g/mol. The summed E-state index contributed by atoms with van der Waals surface area (Å²) in [5.74, 6) is 0.838. The number of pyridine rings is 1. The van der Waals surface area contributed by atoms with Crippen LogP contribution in [0.1, 0.15) is 45.9 Å². The van der Waals surface area contributed by atoms with Crippen molar-refractivity contribution in [1.29, 1.82) is 0 Å². The van der Waals surface area contributed by atoms with E-state index in [1.165, 1.54) is 22.5 Å². The van der Waals surface area contributed by atoms with Gasteiger partial charge < -0.3 is 19.5 Å². The highest BCUT2D eigenvalue weighted by atomic mass is 35.5. The Labute approximate surface area is 222 Å². The van der Waals surface area contributed by atoms with Crippen LogP contribution in [-0.2, 0) is 6.54 Å². The number of aromatic nitrogens is 2. The van der Waals surface area contributed by atoms with Gasteiger partial charge in [0.25, 0.3) is 0 Å². The third-order valence-corrected chi connectivity index (χ3v) is 7.67. The predicted octanol–water partition coefficient (Wildman–Crippen LogP) is 6.63. The quantitative estimate of drug-likeness (QED) is 0.291. The third-order valence-electron chi connectivity index (χ3n) is 7.08. The van der Waals surface area contributed by atoms with E-state index in [0.29, 0.717) is 6.54 Å². The van der Waals surface area contributed by atoms with Crippen LogP contribution in [0, 0.1) is 20.8 Å². The summed E-state index contributed by atoms with van der Waals surface area (Å²) < 4.78 is 7.64. The van der Waals surface area contributed by atoms with Gasteiger partial charge in [-0.05, 0) is 86.6 Å². The summed E-state index contributed by atoms with van der Waals surface area (Å²) >= 11 is 12.3. The van der Waals surface area contributed by atoms with Gasteiger partial charge in [0, 0.05) is 40.4 Å². The van der Waals surface area contributed by atoms with E-state index >= 15 is 0 Å². The summed E-state index contributed by atoms with van der Waals surface area (Å²) in [6, 6.07) is 22.1. The van der Waals surface area contributed by atoms with Crippen LogP contribution in [0.4, 0.5) is 0 Å². The summed E-state index contributed by atoms with van der Waals surface area (Å²) in [5.41, 5.74) is 8.03. The van der Waals surface area contributed by atoms with Gasteiger partial charge in [0.05, 0.1) is 24.9 Å². The van der Waals surface area contributed by atoms with E-state index in [1.54, 1.807) is 7.11 Å². The summed E-state index contributed by atoms with van der Waals surface area (Å²) in [7, 11) is 1.68. The molecule has 1 N–H and O–H groups in total. The fourth-order valence-corrected chi connectivity index (χ4v) is 5.75. The molecule has 2 atom stereocenters. The lowest BCUT2D eigenvalue weighted by Gasteiger charge is -2.29. The topological polar surface area (TPSA) is 42.3 Å². The Hall–Kier alpha value is -3.35. The number of halogens is 1. The maximum absolute atomic E-state index is 6.36. The minimum absolute atomic E-state index is 0.0337. The Bertz CT molecular complexity index is 1400. The minimum Gasteiger partial charge on any atom is -0.497 e. The zero-order valence-corrected chi connectivity index (χ0v) is 22.4. The Balaban J connectivity index is 1.64. The van der Waals surface area contributed by atoms with Crippen molar-refractivity contribution in [3.8, 4) is 11.4 Å². The van der Waals surface area contributed by atoms with E-state index in [1.807, 2.05) is 48.7 Å². The molecule has 3 heterocycles. The highest BCUT2D eigenvalue weighted by Crippen LogP contribution is 2.44. The molecule has 0 saturated carbocycles. The smallest absolute Gasteiger partial charge is 0.170 e. The van der Waals surface area contributed by atoms with E-state index in [2.05, 4.69) is 59.8 Å². The van der Waals surface area contributed by atoms with Crippen LogP contribution in [0.25, 0.3) is 5.69 Å². The normalized spacial score (nSPS) is 17.4. The summed E-state index contributed by atoms with van der Waals surface area (Å²) in [6.07, 6.45) is 1.84. The molecule has 1 fully saturated rings. The number of nitrogens with zero attached hydrogens (tertiary/aromatic N) is 3. The number of benzene rings is 2. The van der Waals surface area contributed by atoms with Crippen LogP contribution in [0.2, 0.25) is 5.02 Å². The molecule has 2 aromatic carbocycles. The summed E-state index contributed by atoms with van der Waals surface area (Å²) in [6.45, 7) is 7.21. The van der Waals surface area contributed by atoms with Crippen LogP contribution in [0.5, 0.6) is 5.75 Å². The lowest BCUT2D eigenvalue weighted by atomic mass is 9.93. The molecule has 1 saturated heterocycles. The van der Waals surface area contributed by atoms with Crippen LogP contribution < -0.4 is 10.1 Å². The molecule has 36 heavy (non-hydrogen) atoms. The van der Waals surface area contributed by atoms with Crippen molar-refractivity contribution in [1.82, 2.24) is 19.8 Å². The molecule has 0 bridgehead atoms. The Morgan fingerprint density at radius 3 is 2.44 bits per heavy atom. The second kappa shape index (κ2) is 9.96. The van der Waals surface area contributed by atoms with Crippen molar-refractivity contribution in [2.75, 3.05) is 7.11 Å². The van der Waals surface area contributed by atoms with Gasteiger partial charge >= 0.3 is 0 Å². The van der Waals surface area contributed by atoms with Crippen molar-refractivity contribution in [2.24, 2.45) is 0 Å². The maximum atomic E-state index is 6.36. The molecule has 2 aromatic heterocycles. The lowest BCUT2D eigenvalue weighted by molar-refractivity contribution is 0.309. The standard InChI is InChI=1S/C29H29ClN4OS/c1-18-19(2)34(23-9-7-8-22(30)16-23)20(3)26(18)28-27(25-10-5-6-15-31-25)32-29(36)33(28)17-21-11-13-24(35-4)14-12-21/h5-16,27-28H,17H2,1-4H3,(H,32,36)/t27-,28-/m0/s1. The van der Waals surface area contributed by atoms with Gasteiger partial charge in [0.15, 0.2) is 5.11 Å². The fraction of sp³-hybridized carbons (Fsp3) is 0.241.